The number of hydrogen-bond donors (Lipinski definition) is 1. The molecule has 0 fully saturated rings. The van der Waals surface area contributed by atoms with E-state index in [9.17, 15) is 9.90 Å². The second-order valence-electron chi connectivity index (χ2n) is 13.2. The van der Waals surface area contributed by atoms with Crippen LogP contribution in [0.5, 0.6) is 11.5 Å². The van der Waals surface area contributed by atoms with E-state index < -0.39 is 5.60 Å². The highest BCUT2D eigenvalue weighted by Crippen LogP contribution is 2.45. The Labute approximate surface area is 245 Å². The van der Waals surface area contributed by atoms with Crippen LogP contribution >= 0.6 is 12.4 Å². The number of benzene rings is 1. The molecule has 1 aliphatic rings. The molecule has 0 radical (unpaired) electrons. The highest BCUT2D eigenvalue weighted by atomic mass is 35.5. The fourth-order valence-electron chi connectivity index (χ4n) is 5.86. The van der Waals surface area contributed by atoms with Gasteiger partial charge in [0.25, 0.3) is 0 Å². The SMILES string of the molecule is Cc1c(C)c2c(c(C)c1O)CC(OC(=O)CN(C)C)[C@](C)(CCC[C@H](C)CCC[C@@H](C)CCCC(C)C)O2.Cl. The fourth-order valence-corrected chi connectivity index (χ4v) is 5.86. The van der Waals surface area contributed by atoms with Crippen molar-refractivity contribution in [3.8, 4) is 11.5 Å². The van der Waals surface area contributed by atoms with Crippen LogP contribution in [0.2, 0.25) is 0 Å². The van der Waals surface area contributed by atoms with Gasteiger partial charge in [0.15, 0.2) is 0 Å². The van der Waals surface area contributed by atoms with Gasteiger partial charge in [-0.2, -0.15) is 0 Å². The first-order chi connectivity index (χ1) is 17.7. The average molecular weight is 568 g/mol. The zero-order chi connectivity index (χ0) is 28.6. The van der Waals surface area contributed by atoms with Gasteiger partial charge in [-0.15, -0.1) is 12.4 Å². The van der Waals surface area contributed by atoms with Gasteiger partial charge in [-0.05, 0) is 89.1 Å². The second kappa shape index (κ2) is 16.1. The molecule has 1 aromatic rings. The Morgan fingerprint density at radius 1 is 0.949 bits per heavy atom. The zero-order valence-corrected chi connectivity index (χ0v) is 27.4. The molecule has 0 spiro atoms. The summed E-state index contributed by atoms with van der Waals surface area (Å²) in [5.74, 6) is 3.25. The minimum Gasteiger partial charge on any atom is -0.507 e. The number of ether oxygens (including phenoxy) is 2. The molecular weight excluding hydrogens is 510 g/mol. The quantitative estimate of drug-likeness (QED) is 0.216. The Balaban J connectivity index is 0.00000760. The number of carbonyl (C=O) groups excluding carboxylic acids is 1. The number of fused-ring (bicyclic) bond motifs is 1. The maximum atomic E-state index is 12.7. The summed E-state index contributed by atoms with van der Waals surface area (Å²) in [7, 11) is 3.74. The van der Waals surface area contributed by atoms with Gasteiger partial charge in [-0.25, -0.2) is 0 Å². The number of likely N-dealkylation sites (N-methyl/N-ethyl adjacent to an activating group) is 1. The van der Waals surface area contributed by atoms with Gasteiger partial charge in [0.2, 0.25) is 0 Å². The van der Waals surface area contributed by atoms with Crippen LogP contribution < -0.4 is 4.74 Å². The Morgan fingerprint density at radius 3 is 2.03 bits per heavy atom. The monoisotopic (exact) mass is 567 g/mol. The minimum absolute atomic E-state index is 0. The fraction of sp³-hybridized carbons (Fsp3) is 0.788. The summed E-state index contributed by atoms with van der Waals surface area (Å²) in [6, 6.07) is 0. The largest absolute Gasteiger partial charge is 0.507 e. The molecule has 0 aliphatic carbocycles. The summed E-state index contributed by atoms with van der Waals surface area (Å²) >= 11 is 0. The predicted octanol–water partition coefficient (Wildman–Crippen LogP) is 8.35. The normalized spacial score (nSPS) is 20.3. The number of hydrogen-bond acceptors (Lipinski definition) is 5. The lowest BCUT2D eigenvalue weighted by Gasteiger charge is -2.43. The minimum atomic E-state index is -0.597. The molecule has 4 atom stereocenters. The Hall–Kier alpha value is -1.46. The van der Waals surface area contributed by atoms with Crippen molar-refractivity contribution in [1.82, 2.24) is 4.90 Å². The van der Waals surface area contributed by atoms with Crippen LogP contribution in [0.15, 0.2) is 0 Å². The van der Waals surface area contributed by atoms with Gasteiger partial charge < -0.3 is 14.6 Å². The van der Waals surface area contributed by atoms with Gasteiger partial charge in [0.1, 0.15) is 23.2 Å². The van der Waals surface area contributed by atoms with E-state index in [2.05, 4.69) is 34.6 Å². The van der Waals surface area contributed by atoms with E-state index in [0.29, 0.717) is 18.1 Å². The Kier molecular flexibility index (Phi) is 14.7. The molecule has 1 N–H and O–H groups in total. The molecule has 39 heavy (non-hydrogen) atoms. The maximum absolute atomic E-state index is 12.7. The van der Waals surface area contributed by atoms with Gasteiger partial charge in [-0.1, -0.05) is 72.6 Å². The summed E-state index contributed by atoms with van der Waals surface area (Å²) in [6.45, 7) is 17.6. The molecule has 0 bridgehead atoms. The van der Waals surface area contributed by atoms with Crippen molar-refractivity contribution in [3.05, 3.63) is 22.3 Å². The zero-order valence-electron chi connectivity index (χ0n) is 26.6. The summed E-state index contributed by atoms with van der Waals surface area (Å²) in [4.78, 5) is 14.5. The topological polar surface area (TPSA) is 59.0 Å². The van der Waals surface area contributed by atoms with Gasteiger partial charge in [0.05, 0.1) is 6.54 Å². The lowest BCUT2D eigenvalue weighted by Crippen LogP contribution is -2.52. The van der Waals surface area contributed by atoms with Crippen LogP contribution in [0.1, 0.15) is 115 Å². The molecule has 5 nitrogen and oxygen atoms in total. The molecule has 0 amide bonds. The van der Waals surface area contributed by atoms with Gasteiger partial charge >= 0.3 is 5.97 Å². The number of nitrogens with zero attached hydrogens (tertiary/aromatic N) is 1. The first-order valence-electron chi connectivity index (χ1n) is 15.1. The third-order valence-corrected chi connectivity index (χ3v) is 8.71. The van der Waals surface area contributed by atoms with Crippen LogP contribution in [0.3, 0.4) is 0 Å². The number of rotatable bonds is 15. The first-order valence-corrected chi connectivity index (χ1v) is 15.1. The predicted molar refractivity (Wildman–Crippen MR) is 165 cm³/mol. The third kappa shape index (κ3) is 10.5. The Morgan fingerprint density at radius 2 is 1.49 bits per heavy atom. The second-order valence-corrected chi connectivity index (χ2v) is 13.2. The van der Waals surface area contributed by atoms with E-state index in [-0.39, 0.29) is 31.0 Å². The van der Waals surface area contributed by atoms with E-state index in [1.165, 1.54) is 38.5 Å². The first kappa shape index (κ1) is 35.6. The van der Waals surface area contributed by atoms with E-state index >= 15 is 0 Å². The molecule has 0 saturated carbocycles. The molecule has 6 heteroatoms. The van der Waals surface area contributed by atoms with Crippen LogP contribution in [-0.2, 0) is 16.0 Å². The van der Waals surface area contributed by atoms with Crippen LogP contribution in [0, 0.1) is 38.5 Å². The van der Waals surface area contributed by atoms with E-state index in [1.807, 2.05) is 39.8 Å². The van der Waals surface area contributed by atoms with Crippen LogP contribution in [0.25, 0.3) is 0 Å². The molecule has 1 unspecified atom stereocenters. The number of phenols is 1. The standard InChI is InChI=1S/C33H57NO4.ClH/c1-22(2)14-11-15-23(3)16-12-17-24(4)18-13-19-33(8)29(37-30(35)21-34(9)10)20-28-27(7)31(36)25(5)26(6)32(28)38-33;/h22-24,29,36H,11-21H2,1-10H3;1H/t23-,24+,29?,33-;/m0./s1. The summed E-state index contributed by atoms with van der Waals surface area (Å²) < 4.78 is 12.8. The average Bonchev–Trinajstić information content (AvgIpc) is 2.81. The Bertz CT molecular complexity index is 916. The van der Waals surface area contributed by atoms with Crippen molar-refractivity contribution in [2.75, 3.05) is 20.6 Å². The maximum Gasteiger partial charge on any atom is 0.320 e. The van der Waals surface area contributed by atoms with Crippen molar-refractivity contribution in [2.45, 2.75) is 131 Å². The van der Waals surface area contributed by atoms with E-state index in [0.717, 1.165) is 59.1 Å². The number of carbonyl (C=O) groups is 1. The molecule has 0 aromatic heterocycles. The van der Waals surface area contributed by atoms with Crippen molar-refractivity contribution in [2.24, 2.45) is 17.8 Å². The molecule has 2 rings (SSSR count). The van der Waals surface area contributed by atoms with Crippen molar-refractivity contribution in [3.63, 3.8) is 0 Å². The molecule has 0 saturated heterocycles. The van der Waals surface area contributed by atoms with Crippen LogP contribution in [0.4, 0.5) is 0 Å². The smallest absolute Gasteiger partial charge is 0.320 e. The lowest BCUT2D eigenvalue weighted by atomic mass is 9.81. The lowest BCUT2D eigenvalue weighted by molar-refractivity contribution is -0.164. The third-order valence-electron chi connectivity index (χ3n) is 8.71. The van der Waals surface area contributed by atoms with E-state index in [4.69, 9.17) is 9.47 Å². The molecule has 1 aromatic carbocycles. The van der Waals surface area contributed by atoms with Crippen molar-refractivity contribution < 1.29 is 19.4 Å². The highest BCUT2D eigenvalue weighted by Gasteiger charge is 2.45. The summed E-state index contributed by atoms with van der Waals surface area (Å²) in [6.07, 6.45) is 11.2. The molecule has 1 heterocycles. The number of phenolic OH excluding ortho intramolecular Hbond substituents is 1. The van der Waals surface area contributed by atoms with Crippen molar-refractivity contribution in [1.29, 1.82) is 0 Å². The summed E-state index contributed by atoms with van der Waals surface area (Å²) in [5.41, 5.74) is 3.02. The molecule has 1 aliphatic heterocycles. The molecule has 226 valence electrons. The van der Waals surface area contributed by atoms with Crippen molar-refractivity contribution >= 4 is 18.4 Å². The number of halogens is 1. The van der Waals surface area contributed by atoms with Gasteiger partial charge in [-0.3, -0.25) is 9.69 Å². The summed E-state index contributed by atoms with van der Waals surface area (Å²) in [5, 5.41) is 10.7. The highest BCUT2D eigenvalue weighted by molar-refractivity contribution is 5.85. The van der Waals surface area contributed by atoms with Gasteiger partial charge in [0, 0.05) is 12.0 Å². The molecular formula is C33H58ClNO4. The van der Waals surface area contributed by atoms with E-state index in [1.54, 1.807) is 0 Å². The number of aromatic hydroxyl groups is 1. The number of esters is 1. The van der Waals surface area contributed by atoms with Crippen LogP contribution in [-0.4, -0.2) is 48.3 Å².